The summed E-state index contributed by atoms with van der Waals surface area (Å²) in [5.74, 6) is -0.190. The summed E-state index contributed by atoms with van der Waals surface area (Å²) < 4.78 is 6.13. The second-order valence-electron chi connectivity index (χ2n) is 9.64. The van der Waals surface area contributed by atoms with E-state index in [1.54, 1.807) is 24.3 Å². The number of piperidine rings is 1. The van der Waals surface area contributed by atoms with Crippen molar-refractivity contribution in [3.63, 3.8) is 0 Å². The fourth-order valence-electron chi connectivity index (χ4n) is 6.53. The highest BCUT2D eigenvalue weighted by Gasteiger charge is 2.72. The summed E-state index contributed by atoms with van der Waals surface area (Å²) in [4.78, 5) is 39.0. The van der Waals surface area contributed by atoms with Crippen molar-refractivity contribution in [2.45, 2.75) is 35.9 Å². The van der Waals surface area contributed by atoms with Crippen molar-refractivity contribution in [3.05, 3.63) is 81.4 Å². The number of ketones is 1. The molecule has 2 heterocycles. The molecule has 6 rings (SSSR count). The molecule has 2 N–H and O–H groups in total. The van der Waals surface area contributed by atoms with Gasteiger partial charge in [-0.1, -0.05) is 12.1 Å². The summed E-state index contributed by atoms with van der Waals surface area (Å²) in [5, 5.41) is 24.7. The number of aromatic hydroxyl groups is 1. The molecular weight excluding hydrogens is 450 g/mol. The molecule has 1 amide bonds. The van der Waals surface area contributed by atoms with Crippen molar-refractivity contribution < 1.29 is 24.4 Å². The molecule has 1 saturated heterocycles. The minimum atomic E-state index is -0.915. The van der Waals surface area contributed by atoms with Crippen LogP contribution in [0.5, 0.6) is 11.5 Å². The Bertz CT molecular complexity index is 1350. The molecule has 1 fully saturated rings. The lowest BCUT2D eigenvalue weighted by atomic mass is 9.49. The number of carbonyl (C=O) groups is 2. The average molecular weight is 473 g/mol. The zero-order valence-corrected chi connectivity index (χ0v) is 18.9. The van der Waals surface area contributed by atoms with E-state index in [1.807, 2.05) is 19.2 Å². The van der Waals surface area contributed by atoms with Gasteiger partial charge >= 0.3 is 0 Å². The molecular formula is C26H23N3O6. The minimum absolute atomic E-state index is 0.00371. The van der Waals surface area contributed by atoms with Crippen LogP contribution in [0.15, 0.2) is 54.6 Å². The maximum atomic E-state index is 13.3. The van der Waals surface area contributed by atoms with Gasteiger partial charge in [0.1, 0.15) is 0 Å². The molecule has 35 heavy (non-hydrogen) atoms. The number of benzene rings is 2. The number of non-ortho nitro benzene ring substituents is 1. The number of rotatable bonds is 4. The third kappa shape index (κ3) is 2.78. The molecule has 0 aromatic heterocycles. The van der Waals surface area contributed by atoms with E-state index in [-0.39, 0.29) is 29.2 Å². The monoisotopic (exact) mass is 473 g/mol. The largest absolute Gasteiger partial charge is 0.504 e. The first-order chi connectivity index (χ1) is 16.8. The third-order valence-electron chi connectivity index (χ3n) is 8.05. The maximum absolute atomic E-state index is 13.3. The van der Waals surface area contributed by atoms with Crippen LogP contribution in [-0.4, -0.2) is 57.9 Å². The van der Waals surface area contributed by atoms with Crippen molar-refractivity contribution in [1.29, 1.82) is 0 Å². The van der Waals surface area contributed by atoms with Crippen molar-refractivity contribution in [1.82, 2.24) is 10.2 Å². The van der Waals surface area contributed by atoms with E-state index < -0.39 is 22.0 Å². The van der Waals surface area contributed by atoms with Crippen LogP contribution in [-0.2, 0) is 21.4 Å². The summed E-state index contributed by atoms with van der Waals surface area (Å²) in [7, 11) is 2.01. The van der Waals surface area contributed by atoms with Gasteiger partial charge in [-0.15, -0.1) is 0 Å². The van der Waals surface area contributed by atoms with Crippen LogP contribution in [0, 0.1) is 10.1 Å². The highest BCUT2D eigenvalue weighted by Crippen LogP contribution is 2.63. The van der Waals surface area contributed by atoms with Gasteiger partial charge in [-0.05, 0) is 67.9 Å². The van der Waals surface area contributed by atoms with Gasteiger partial charge in [-0.2, -0.15) is 0 Å². The molecule has 2 aliphatic carbocycles. The number of hydrogen-bond acceptors (Lipinski definition) is 7. The van der Waals surface area contributed by atoms with E-state index in [1.165, 1.54) is 24.3 Å². The maximum Gasteiger partial charge on any atom is 0.269 e. The van der Waals surface area contributed by atoms with Crippen LogP contribution in [0.4, 0.5) is 5.69 Å². The Morgan fingerprint density at radius 3 is 2.80 bits per heavy atom. The second kappa shape index (κ2) is 7.26. The third-order valence-corrected chi connectivity index (χ3v) is 8.05. The summed E-state index contributed by atoms with van der Waals surface area (Å²) >= 11 is 0. The lowest BCUT2D eigenvalue weighted by molar-refractivity contribution is -0.384. The van der Waals surface area contributed by atoms with Crippen molar-refractivity contribution in [2.75, 3.05) is 13.6 Å². The number of carbonyl (C=O) groups excluding carboxylic acids is 2. The number of amides is 1. The van der Waals surface area contributed by atoms with Crippen LogP contribution in [0.25, 0.3) is 6.08 Å². The number of likely N-dealkylation sites (N-methyl/N-ethyl adjacent to an activating group) is 1. The van der Waals surface area contributed by atoms with Gasteiger partial charge in [0.15, 0.2) is 23.4 Å². The van der Waals surface area contributed by atoms with E-state index in [0.29, 0.717) is 24.2 Å². The fraction of sp³-hybridized carbons (Fsp3) is 0.308. The normalized spacial score (nSPS) is 30.1. The smallest absolute Gasteiger partial charge is 0.269 e. The number of phenols is 1. The first-order valence-corrected chi connectivity index (χ1v) is 11.5. The number of nitro benzene ring substituents is 1. The molecule has 178 valence electrons. The van der Waals surface area contributed by atoms with Crippen molar-refractivity contribution in [3.8, 4) is 11.5 Å². The molecule has 0 radical (unpaired) electrons. The van der Waals surface area contributed by atoms with Crippen LogP contribution in [0.1, 0.15) is 23.1 Å². The average Bonchev–Trinajstić information content (AvgIpc) is 3.20. The summed E-state index contributed by atoms with van der Waals surface area (Å²) in [6.07, 6.45) is 6.68. The molecule has 2 aromatic rings. The Morgan fingerprint density at radius 1 is 1.29 bits per heavy atom. The Hall–Kier alpha value is -3.98. The number of phenolic OH excluding ortho intramolecular Hbond substituents is 1. The minimum Gasteiger partial charge on any atom is -0.504 e. The fourth-order valence-corrected chi connectivity index (χ4v) is 6.53. The van der Waals surface area contributed by atoms with Crippen LogP contribution < -0.4 is 10.1 Å². The number of hydrogen-bond donors (Lipinski definition) is 2. The quantitative estimate of drug-likeness (QED) is 0.397. The Balaban J connectivity index is 1.42. The van der Waals surface area contributed by atoms with Crippen LogP contribution in [0.2, 0.25) is 0 Å². The predicted molar refractivity (Wildman–Crippen MR) is 126 cm³/mol. The first-order valence-electron chi connectivity index (χ1n) is 11.5. The Labute approximate surface area is 200 Å². The standard InChI is InChI=1S/C26H23N3O6/c1-28-13-12-25-22-16-5-8-18(30)23(22)35-24(25)19(31)10-11-26(25,20(28)14-16)27-21(32)9-4-15-2-6-17(7-3-15)29(33)34/h2-11,20,24,30H,12-14H2,1H3,(H,27,32)/b9-4+/t20-,24+,25+,26-/m1/s1. The molecule has 2 aliphatic heterocycles. The van der Waals surface area contributed by atoms with E-state index >= 15 is 0 Å². The summed E-state index contributed by atoms with van der Waals surface area (Å²) in [5.41, 5.74) is 0.729. The van der Waals surface area contributed by atoms with Gasteiger partial charge in [-0.25, -0.2) is 0 Å². The van der Waals surface area contributed by atoms with Crippen LogP contribution in [0.3, 0.4) is 0 Å². The second-order valence-corrected chi connectivity index (χ2v) is 9.64. The highest BCUT2D eigenvalue weighted by molar-refractivity contribution is 6.00. The summed E-state index contributed by atoms with van der Waals surface area (Å²) in [6.45, 7) is 0.719. The van der Waals surface area contributed by atoms with E-state index in [4.69, 9.17) is 4.74 Å². The molecule has 4 aliphatic rings. The lowest BCUT2D eigenvalue weighted by Gasteiger charge is -2.62. The van der Waals surface area contributed by atoms with Gasteiger partial charge in [0, 0.05) is 29.8 Å². The van der Waals surface area contributed by atoms with Crippen molar-refractivity contribution in [2.24, 2.45) is 0 Å². The number of nitrogens with one attached hydrogen (secondary N) is 1. The molecule has 9 nitrogen and oxygen atoms in total. The SMILES string of the molecule is CN1CC[C@]23c4c5ccc(O)c4O[C@H]2C(=O)C=C[C@@]3(NC(=O)/C=C/c2ccc([N+](=O)[O-])cc2)[C@H]1C5. The van der Waals surface area contributed by atoms with Gasteiger partial charge in [-0.3, -0.25) is 19.7 Å². The lowest BCUT2D eigenvalue weighted by Crippen LogP contribution is -2.80. The van der Waals surface area contributed by atoms with E-state index in [9.17, 15) is 24.8 Å². The molecule has 4 atom stereocenters. The zero-order valence-electron chi connectivity index (χ0n) is 18.9. The predicted octanol–water partition coefficient (Wildman–Crippen LogP) is 2.27. The van der Waals surface area contributed by atoms with E-state index in [0.717, 1.165) is 17.7 Å². The molecule has 2 aromatic carbocycles. The number of likely N-dealkylation sites (tertiary alicyclic amines) is 1. The zero-order chi connectivity index (χ0) is 24.5. The highest BCUT2D eigenvalue weighted by atomic mass is 16.6. The molecule has 2 bridgehead atoms. The van der Waals surface area contributed by atoms with Gasteiger partial charge in [0.2, 0.25) is 5.91 Å². The van der Waals surface area contributed by atoms with Crippen molar-refractivity contribution >= 4 is 23.5 Å². The van der Waals surface area contributed by atoms with Gasteiger partial charge < -0.3 is 20.1 Å². The molecule has 1 spiro atoms. The molecule has 9 heteroatoms. The number of nitrogens with zero attached hydrogens (tertiary/aromatic N) is 2. The Kier molecular flexibility index (Phi) is 4.47. The van der Waals surface area contributed by atoms with Gasteiger partial charge in [0.05, 0.1) is 15.9 Å². The molecule has 0 saturated carbocycles. The number of ether oxygens (including phenoxy) is 1. The first kappa shape index (κ1) is 21.5. The number of nitro groups is 1. The van der Waals surface area contributed by atoms with Crippen LogP contribution >= 0.6 is 0 Å². The topological polar surface area (TPSA) is 122 Å². The van der Waals surface area contributed by atoms with Gasteiger partial charge in [0.25, 0.3) is 5.69 Å². The van der Waals surface area contributed by atoms with E-state index in [2.05, 4.69) is 10.2 Å². The molecule has 0 unspecified atom stereocenters. The Morgan fingerprint density at radius 2 is 2.06 bits per heavy atom. The summed E-state index contributed by atoms with van der Waals surface area (Å²) in [6, 6.07) is 9.30.